The van der Waals surface area contributed by atoms with Gasteiger partial charge in [-0.05, 0) is 24.1 Å². The molecule has 0 atom stereocenters. The van der Waals surface area contributed by atoms with E-state index in [0.29, 0.717) is 6.61 Å². The van der Waals surface area contributed by atoms with Crippen molar-refractivity contribution in [3.8, 4) is 0 Å². The van der Waals surface area contributed by atoms with E-state index in [1.807, 2.05) is 12.1 Å². The normalized spacial score (nSPS) is 11.5. The molecule has 25 heavy (non-hydrogen) atoms. The summed E-state index contributed by atoms with van der Waals surface area (Å²) in [6.45, 7) is 1.92. The number of nitro benzene ring substituents is 1. The minimum absolute atomic E-state index is 0.0247. The SMILES string of the molecule is COCc1cccc(CNS(=O)(=O)c2cc(Cl)c(C)c([N+](=O)[O-])c2)c1. The number of halogens is 1. The van der Waals surface area contributed by atoms with Gasteiger partial charge in [-0.2, -0.15) is 0 Å². The Bertz CT molecular complexity index is 899. The Morgan fingerprint density at radius 2 is 1.92 bits per heavy atom. The van der Waals surface area contributed by atoms with Crippen LogP contribution in [0.4, 0.5) is 5.69 Å². The smallest absolute Gasteiger partial charge is 0.275 e. The molecule has 0 fully saturated rings. The van der Waals surface area contributed by atoms with Crippen molar-refractivity contribution in [1.82, 2.24) is 4.72 Å². The average Bonchev–Trinajstić information content (AvgIpc) is 2.56. The summed E-state index contributed by atoms with van der Waals surface area (Å²) >= 11 is 5.93. The number of nitrogens with zero attached hydrogens (tertiary/aromatic N) is 1. The first-order valence-electron chi connectivity index (χ1n) is 7.25. The number of nitro groups is 1. The fourth-order valence-electron chi connectivity index (χ4n) is 2.24. The first kappa shape index (κ1) is 19.3. The van der Waals surface area contributed by atoms with Crippen LogP contribution in [-0.4, -0.2) is 20.5 Å². The van der Waals surface area contributed by atoms with E-state index in [1.54, 1.807) is 19.2 Å². The number of methoxy groups -OCH3 is 1. The Labute approximate surface area is 150 Å². The number of nitrogens with one attached hydrogen (secondary N) is 1. The number of benzene rings is 2. The first-order valence-corrected chi connectivity index (χ1v) is 9.11. The lowest BCUT2D eigenvalue weighted by molar-refractivity contribution is -0.385. The Morgan fingerprint density at radius 3 is 2.56 bits per heavy atom. The quantitative estimate of drug-likeness (QED) is 0.583. The van der Waals surface area contributed by atoms with E-state index in [2.05, 4.69) is 4.72 Å². The number of hydrogen-bond donors (Lipinski definition) is 1. The van der Waals surface area contributed by atoms with Gasteiger partial charge < -0.3 is 4.74 Å². The molecule has 1 N–H and O–H groups in total. The van der Waals surface area contributed by atoms with Crippen molar-refractivity contribution in [2.24, 2.45) is 0 Å². The third-order valence-electron chi connectivity index (χ3n) is 3.57. The molecular formula is C16H17ClN2O5S. The molecule has 0 aliphatic rings. The van der Waals surface area contributed by atoms with Crippen LogP contribution in [0.3, 0.4) is 0 Å². The maximum atomic E-state index is 12.4. The number of hydrogen-bond acceptors (Lipinski definition) is 5. The lowest BCUT2D eigenvalue weighted by Gasteiger charge is -2.10. The lowest BCUT2D eigenvalue weighted by Crippen LogP contribution is -2.23. The van der Waals surface area contributed by atoms with Gasteiger partial charge in [0.2, 0.25) is 10.0 Å². The van der Waals surface area contributed by atoms with Crippen LogP contribution in [-0.2, 0) is 27.9 Å². The van der Waals surface area contributed by atoms with Crippen molar-refractivity contribution >= 4 is 27.3 Å². The van der Waals surface area contributed by atoms with Crippen LogP contribution in [0.15, 0.2) is 41.3 Å². The first-order chi connectivity index (χ1) is 11.7. The van der Waals surface area contributed by atoms with Crippen LogP contribution in [0.2, 0.25) is 5.02 Å². The van der Waals surface area contributed by atoms with Gasteiger partial charge in [-0.3, -0.25) is 10.1 Å². The molecule has 0 aromatic heterocycles. The summed E-state index contributed by atoms with van der Waals surface area (Å²) in [5.41, 5.74) is 1.53. The van der Waals surface area contributed by atoms with E-state index < -0.39 is 14.9 Å². The van der Waals surface area contributed by atoms with Crippen molar-refractivity contribution in [1.29, 1.82) is 0 Å². The van der Waals surface area contributed by atoms with Crippen molar-refractivity contribution < 1.29 is 18.1 Å². The van der Waals surface area contributed by atoms with Gasteiger partial charge in [-0.1, -0.05) is 35.9 Å². The number of rotatable bonds is 7. The summed E-state index contributed by atoms with van der Waals surface area (Å²) in [5, 5.41) is 11.1. The van der Waals surface area contributed by atoms with Crippen molar-refractivity contribution in [3.63, 3.8) is 0 Å². The lowest BCUT2D eigenvalue weighted by atomic mass is 10.1. The molecule has 0 spiro atoms. The highest BCUT2D eigenvalue weighted by molar-refractivity contribution is 7.89. The second-order valence-corrected chi connectivity index (χ2v) is 7.56. The van der Waals surface area contributed by atoms with Crippen LogP contribution >= 0.6 is 11.6 Å². The Morgan fingerprint density at radius 1 is 1.24 bits per heavy atom. The molecule has 0 bridgehead atoms. The summed E-state index contributed by atoms with van der Waals surface area (Å²) in [7, 11) is -2.38. The third kappa shape index (κ3) is 4.76. The Balaban J connectivity index is 2.25. The second-order valence-electron chi connectivity index (χ2n) is 5.38. The molecule has 0 aliphatic heterocycles. The largest absolute Gasteiger partial charge is 0.380 e. The van der Waals surface area contributed by atoms with E-state index in [-0.39, 0.29) is 27.7 Å². The van der Waals surface area contributed by atoms with Crippen LogP contribution in [0.25, 0.3) is 0 Å². The minimum Gasteiger partial charge on any atom is -0.380 e. The zero-order chi connectivity index (χ0) is 18.6. The summed E-state index contributed by atoms with van der Waals surface area (Å²) in [6.07, 6.45) is 0. The third-order valence-corrected chi connectivity index (χ3v) is 5.34. The van der Waals surface area contributed by atoms with Gasteiger partial charge in [0.1, 0.15) is 0 Å². The molecule has 0 amide bonds. The van der Waals surface area contributed by atoms with E-state index in [9.17, 15) is 18.5 Å². The van der Waals surface area contributed by atoms with Crippen molar-refractivity contribution in [2.75, 3.05) is 7.11 Å². The maximum Gasteiger partial charge on any atom is 0.275 e. The summed E-state index contributed by atoms with van der Waals surface area (Å²) in [6, 6.07) is 9.46. The molecule has 2 rings (SSSR count). The molecule has 2 aromatic rings. The Kier molecular flexibility index (Phi) is 6.12. The molecule has 2 aromatic carbocycles. The molecule has 134 valence electrons. The zero-order valence-corrected chi connectivity index (χ0v) is 15.2. The van der Waals surface area contributed by atoms with Gasteiger partial charge in [0.25, 0.3) is 5.69 Å². The van der Waals surface area contributed by atoms with Crippen molar-refractivity contribution in [2.45, 2.75) is 25.0 Å². The van der Waals surface area contributed by atoms with Gasteiger partial charge in [-0.15, -0.1) is 0 Å². The van der Waals surface area contributed by atoms with E-state index in [4.69, 9.17) is 16.3 Å². The van der Waals surface area contributed by atoms with Gasteiger partial charge in [0, 0.05) is 25.3 Å². The topological polar surface area (TPSA) is 98.5 Å². The highest BCUT2D eigenvalue weighted by Crippen LogP contribution is 2.29. The molecule has 0 unspecified atom stereocenters. The molecule has 0 saturated carbocycles. The summed E-state index contributed by atoms with van der Waals surface area (Å²) < 4.78 is 32.3. The molecule has 9 heteroatoms. The van der Waals surface area contributed by atoms with Crippen LogP contribution in [0.1, 0.15) is 16.7 Å². The molecule has 0 aliphatic carbocycles. The monoisotopic (exact) mass is 384 g/mol. The fraction of sp³-hybridized carbons (Fsp3) is 0.250. The van der Waals surface area contributed by atoms with Crippen LogP contribution < -0.4 is 4.72 Å². The van der Waals surface area contributed by atoms with Crippen molar-refractivity contribution in [3.05, 3.63) is 68.2 Å². The number of sulfonamides is 1. The van der Waals surface area contributed by atoms with Crippen LogP contribution in [0.5, 0.6) is 0 Å². The predicted molar refractivity (Wildman–Crippen MR) is 94.0 cm³/mol. The Hall–Kier alpha value is -2.00. The minimum atomic E-state index is -3.95. The predicted octanol–water partition coefficient (Wildman–Crippen LogP) is 3.18. The molecular weight excluding hydrogens is 368 g/mol. The fourth-order valence-corrected chi connectivity index (χ4v) is 3.58. The maximum absolute atomic E-state index is 12.4. The second kappa shape index (κ2) is 7.92. The molecule has 7 nitrogen and oxygen atoms in total. The van der Waals surface area contributed by atoms with Gasteiger partial charge in [0.15, 0.2) is 0 Å². The molecule has 0 radical (unpaired) electrons. The highest BCUT2D eigenvalue weighted by atomic mass is 35.5. The van der Waals surface area contributed by atoms with Crippen LogP contribution in [0, 0.1) is 17.0 Å². The summed E-state index contributed by atoms with van der Waals surface area (Å²) in [5.74, 6) is 0. The average molecular weight is 385 g/mol. The standard InChI is InChI=1S/C16H17ClN2O5S/c1-11-15(17)7-14(8-16(11)19(20)21)25(22,23)18-9-12-4-3-5-13(6-12)10-24-2/h3-8,18H,9-10H2,1-2H3. The van der Waals surface area contributed by atoms with E-state index in [1.165, 1.54) is 13.0 Å². The summed E-state index contributed by atoms with van der Waals surface area (Å²) in [4.78, 5) is 10.1. The molecule has 0 heterocycles. The number of ether oxygens (including phenoxy) is 1. The van der Waals surface area contributed by atoms with E-state index >= 15 is 0 Å². The van der Waals surface area contributed by atoms with Gasteiger partial charge in [0.05, 0.1) is 21.4 Å². The van der Waals surface area contributed by atoms with Gasteiger partial charge >= 0.3 is 0 Å². The molecule has 0 saturated heterocycles. The highest BCUT2D eigenvalue weighted by Gasteiger charge is 2.22. The van der Waals surface area contributed by atoms with Gasteiger partial charge in [-0.25, -0.2) is 13.1 Å². The van der Waals surface area contributed by atoms with E-state index in [0.717, 1.165) is 17.2 Å². The zero-order valence-electron chi connectivity index (χ0n) is 13.7.